The average molecular weight is 297 g/mol. The van der Waals surface area contributed by atoms with Crippen molar-refractivity contribution in [1.29, 1.82) is 0 Å². The van der Waals surface area contributed by atoms with Crippen molar-refractivity contribution in [2.24, 2.45) is 4.99 Å². The van der Waals surface area contributed by atoms with Crippen molar-refractivity contribution in [2.75, 3.05) is 7.11 Å². The van der Waals surface area contributed by atoms with Gasteiger partial charge in [0.1, 0.15) is 5.75 Å². The SMILES string of the molecule is C\C=C(/N=C(C)/C(C)=C\C=C/CCC)c1cccc(OC)c1. The van der Waals surface area contributed by atoms with Crippen LogP contribution in [0.4, 0.5) is 0 Å². The van der Waals surface area contributed by atoms with Gasteiger partial charge in [-0.25, -0.2) is 0 Å². The van der Waals surface area contributed by atoms with Crippen LogP contribution in [0.5, 0.6) is 5.75 Å². The molecule has 2 nitrogen and oxygen atoms in total. The van der Waals surface area contributed by atoms with Crippen LogP contribution in [-0.2, 0) is 0 Å². The predicted molar refractivity (Wildman–Crippen MR) is 97.6 cm³/mol. The zero-order valence-electron chi connectivity index (χ0n) is 14.4. The number of nitrogens with zero attached hydrogens (tertiary/aromatic N) is 1. The number of unbranched alkanes of at least 4 members (excludes halogenated alkanes) is 1. The lowest BCUT2D eigenvalue weighted by Gasteiger charge is -2.07. The first-order chi connectivity index (χ1) is 10.6. The van der Waals surface area contributed by atoms with Crippen molar-refractivity contribution in [3.8, 4) is 5.75 Å². The molecule has 0 bridgehead atoms. The van der Waals surface area contributed by atoms with E-state index in [0.29, 0.717) is 0 Å². The summed E-state index contributed by atoms with van der Waals surface area (Å²) in [7, 11) is 1.68. The van der Waals surface area contributed by atoms with E-state index in [1.165, 1.54) is 12.0 Å². The van der Waals surface area contributed by atoms with Crippen LogP contribution < -0.4 is 4.74 Å². The lowest BCUT2D eigenvalue weighted by molar-refractivity contribution is 0.414. The summed E-state index contributed by atoms with van der Waals surface area (Å²) < 4.78 is 5.28. The molecule has 0 aliphatic heterocycles. The molecule has 0 amide bonds. The summed E-state index contributed by atoms with van der Waals surface area (Å²) in [6.45, 7) is 8.32. The van der Waals surface area contributed by atoms with Gasteiger partial charge in [-0.1, -0.05) is 49.8 Å². The minimum Gasteiger partial charge on any atom is -0.497 e. The molecular formula is C20H27NO. The van der Waals surface area contributed by atoms with Crippen molar-refractivity contribution in [1.82, 2.24) is 0 Å². The van der Waals surface area contributed by atoms with Gasteiger partial charge in [0, 0.05) is 11.3 Å². The maximum Gasteiger partial charge on any atom is 0.119 e. The molecule has 0 saturated carbocycles. The first kappa shape index (κ1) is 18.0. The standard InChI is InChI=1S/C20H27NO/c1-6-8-9-10-12-16(3)17(4)21-20(7-2)18-13-11-14-19(15-18)22-5/h7,9-15H,6,8H2,1-5H3/b10-9-,16-12-,20-7-,21-17+. The molecule has 0 aliphatic rings. The van der Waals surface area contributed by atoms with Crippen molar-refractivity contribution in [2.45, 2.75) is 40.5 Å². The number of ether oxygens (including phenoxy) is 1. The van der Waals surface area contributed by atoms with Gasteiger partial charge in [-0.2, -0.15) is 0 Å². The van der Waals surface area contributed by atoms with Crippen LogP contribution in [0.25, 0.3) is 5.70 Å². The van der Waals surface area contributed by atoms with Crippen LogP contribution >= 0.6 is 0 Å². The van der Waals surface area contributed by atoms with Gasteiger partial charge in [0.15, 0.2) is 0 Å². The van der Waals surface area contributed by atoms with Gasteiger partial charge in [0.2, 0.25) is 0 Å². The van der Waals surface area contributed by atoms with Crippen LogP contribution in [0.1, 0.15) is 46.1 Å². The zero-order valence-corrected chi connectivity index (χ0v) is 14.4. The monoisotopic (exact) mass is 297 g/mol. The van der Waals surface area contributed by atoms with Gasteiger partial charge in [0.25, 0.3) is 0 Å². The largest absolute Gasteiger partial charge is 0.497 e. The molecule has 0 atom stereocenters. The van der Waals surface area contributed by atoms with Crippen LogP contribution in [0.3, 0.4) is 0 Å². The first-order valence-corrected chi connectivity index (χ1v) is 7.82. The Morgan fingerprint density at radius 2 is 2.05 bits per heavy atom. The van der Waals surface area contributed by atoms with Crippen molar-refractivity contribution >= 4 is 11.4 Å². The van der Waals surface area contributed by atoms with E-state index in [4.69, 9.17) is 9.73 Å². The van der Waals surface area contributed by atoms with E-state index in [9.17, 15) is 0 Å². The number of allylic oxidation sites excluding steroid dienone is 5. The summed E-state index contributed by atoms with van der Waals surface area (Å²) in [5.74, 6) is 0.847. The molecule has 0 aliphatic carbocycles. The lowest BCUT2D eigenvalue weighted by atomic mass is 10.1. The summed E-state index contributed by atoms with van der Waals surface area (Å²) in [6.07, 6.45) is 10.7. The fourth-order valence-corrected chi connectivity index (χ4v) is 1.94. The maximum atomic E-state index is 5.28. The zero-order chi connectivity index (χ0) is 16.4. The van der Waals surface area contributed by atoms with Gasteiger partial charge in [0.05, 0.1) is 12.8 Å². The van der Waals surface area contributed by atoms with Crippen LogP contribution in [0, 0.1) is 0 Å². The van der Waals surface area contributed by atoms with E-state index >= 15 is 0 Å². The number of hydrogen-bond acceptors (Lipinski definition) is 2. The molecule has 0 heterocycles. The average Bonchev–Trinajstić information content (AvgIpc) is 2.56. The summed E-state index contributed by atoms with van der Waals surface area (Å²) in [4.78, 5) is 4.76. The molecule has 0 aromatic heterocycles. The highest BCUT2D eigenvalue weighted by Crippen LogP contribution is 2.22. The van der Waals surface area contributed by atoms with Gasteiger partial charge >= 0.3 is 0 Å². The first-order valence-electron chi connectivity index (χ1n) is 7.82. The lowest BCUT2D eigenvalue weighted by Crippen LogP contribution is -1.95. The fourth-order valence-electron chi connectivity index (χ4n) is 1.94. The summed E-state index contributed by atoms with van der Waals surface area (Å²) in [6, 6.07) is 7.98. The normalized spacial score (nSPS) is 13.8. The van der Waals surface area contributed by atoms with Gasteiger partial charge < -0.3 is 4.74 Å². The predicted octanol–water partition coefficient (Wildman–Crippen LogP) is 5.82. The quantitative estimate of drug-likeness (QED) is 0.459. The maximum absolute atomic E-state index is 5.28. The summed E-state index contributed by atoms with van der Waals surface area (Å²) in [5, 5.41) is 0. The van der Waals surface area contributed by atoms with E-state index in [2.05, 4.69) is 38.1 Å². The van der Waals surface area contributed by atoms with Crippen molar-refractivity contribution < 1.29 is 4.74 Å². The third kappa shape index (κ3) is 5.72. The topological polar surface area (TPSA) is 21.6 Å². The molecule has 0 fully saturated rings. The highest BCUT2D eigenvalue weighted by atomic mass is 16.5. The molecule has 2 heteroatoms. The third-order valence-electron chi connectivity index (χ3n) is 3.44. The fraction of sp³-hybridized carbons (Fsp3) is 0.350. The molecule has 1 rings (SSSR count). The van der Waals surface area contributed by atoms with E-state index in [1.54, 1.807) is 7.11 Å². The Morgan fingerprint density at radius 3 is 2.68 bits per heavy atom. The minimum absolute atomic E-state index is 0.847. The van der Waals surface area contributed by atoms with Crippen LogP contribution in [0.2, 0.25) is 0 Å². The second kappa shape index (κ2) is 9.78. The molecule has 0 unspecified atom stereocenters. The number of hydrogen-bond donors (Lipinski definition) is 0. The van der Waals surface area contributed by atoms with E-state index in [-0.39, 0.29) is 0 Å². The second-order valence-corrected chi connectivity index (χ2v) is 5.17. The minimum atomic E-state index is 0.847. The highest BCUT2D eigenvalue weighted by Gasteiger charge is 2.02. The van der Waals surface area contributed by atoms with Crippen molar-refractivity contribution in [3.05, 3.63) is 59.7 Å². The molecular weight excluding hydrogens is 270 g/mol. The molecule has 0 saturated heterocycles. The Kier molecular flexibility index (Phi) is 7.98. The van der Waals surface area contributed by atoms with Crippen LogP contribution in [-0.4, -0.2) is 12.8 Å². The van der Waals surface area contributed by atoms with Gasteiger partial charge in [-0.05, 0) is 44.9 Å². The molecule has 1 aromatic carbocycles. The van der Waals surface area contributed by atoms with Crippen LogP contribution in [0.15, 0.2) is 59.1 Å². The van der Waals surface area contributed by atoms with E-state index in [0.717, 1.165) is 29.1 Å². The number of methoxy groups -OCH3 is 1. The molecule has 1 aromatic rings. The molecule has 0 N–H and O–H groups in total. The third-order valence-corrected chi connectivity index (χ3v) is 3.44. The highest BCUT2D eigenvalue weighted by molar-refractivity contribution is 6.01. The number of aliphatic imine (C=N–C) groups is 1. The smallest absolute Gasteiger partial charge is 0.119 e. The Bertz CT molecular complexity index is 591. The summed E-state index contributed by atoms with van der Waals surface area (Å²) >= 11 is 0. The van der Waals surface area contributed by atoms with E-state index < -0.39 is 0 Å². The molecule has 22 heavy (non-hydrogen) atoms. The molecule has 118 valence electrons. The Hall–Kier alpha value is -2.09. The number of rotatable bonds is 7. The molecule has 0 spiro atoms. The Balaban J connectivity index is 2.96. The van der Waals surface area contributed by atoms with E-state index in [1.807, 2.05) is 38.1 Å². The number of benzene rings is 1. The van der Waals surface area contributed by atoms with Gasteiger partial charge in [-0.3, -0.25) is 4.99 Å². The van der Waals surface area contributed by atoms with Crippen molar-refractivity contribution in [3.63, 3.8) is 0 Å². The van der Waals surface area contributed by atoms with Gasteiger partial charge in [-0.15, -0.1) is 0 Å². The second-order valence-electron chi connectivity index (χ2n) is 5.17. The summed E-state index contributed by atoms with van der Waals surface area (Å²) in [5.41, 5.74) is 4.23. The Labute approximate surface area is 134 Å². The molecule has 0 radical (unpaired) electrons. The Morgan fingerprint density at radius 1 is 1.27 bits per heavy atom.